The van der Waals surface area contributed by atoms with Crippen LogP contribution in [-0.4, -0.2) is 47.4 Å². The van der Waals surface area contributed by atoms with E-state index in [4.69, 9.17) is 4.74 Å². The van der Waals surface area contributed by atoms with E-state index in [1.54, 1.807) is 0 Å². The summed E-state index contributed by atoms with van der Waals surface area (Å²) in [6.07, 6.45) is 5.17. The minimum absolute atomic E-state index is 0.0963. The van der Waals surface area contributed by atoms with Crippen LogP contribution >= 0.6 is 0 Å². The number of benzene rings is 1. The van der Waals surface area contributed by atoms with Gasteiger partial charge in [-0.1, -0.05) is 31.9 Å². The predicted molar refractivity (Wildman–Crippen MR) is 106 cm³/mol. The molecule has 146 valence electrons. The molecule has 0 aliphatic carbocycles. The fraction of sp³-hybridized carbons (Fsp3) is 0.545. The highest BCUT2D eigenvalue weighted by molar-refractivity contribution is 6.35. The first-order valence-electron chi connectivity index (χ1n) is 10.2. The molecule has 2 aliphatic heterocycles. The molecule has 5 heteroatoms. The maximum absolute atomic E-state index is 13.1. The van der Waals surface area contributed by atoms with Crippen LogP contribution in [0.4, 0.5) is 0 Å². The number of likely N-dealkylation sites (tertiary alicyclic amines) is 1. The first-order chi connectivity index (χ1) is 13.0. The standard InChI is InChI=1S/C22H30N2O3/c1-4-5-6-15-24-21(25)19(20(22(24)26)23-13-7-8-14-23)17-9-11-18(12-10-17)27-16(2)3/h9-12,16H,4-8,13-15H2,1-3H3. The number of amides is 2. The van der Waals surface area contributed by atoms with Crippen molar-refractivity contribution in [2.75, 3.05) is 19.6 Å². The van der Waals surface area contributed by atoms with Crippen LogP contribution in [0.3, 0.4) is 0 Å². The summed E-state index contributed by atoms with van der Waals surface area (Å²) in [5.41, 5.74) is 1.94. The zero-order chi connectivity index (χ0) is 19.4. The molecule has 0 aromatic heterocycles. The molecule has 1 fully saturated rings. The Morgan fingerprint density at radius 2 is 1.67 bits per heavy atom. The number of hydrogen-bond donors (Lipinski definition) is 0. The number of carbonyl (C=O) groups excluding carboxylic acids is 2. The topological polar surface area (TPSA) is 49.9 Å². The SMILES string of the molecule is CCCCCN1C(=O)C(c2ccc(OC(C)C)cc2)=C(N2CCCC2)C1=O. The Hall–Kier alpha value is -2.30. The molecule has 3 rings (SSSR count). The number of imide groups is 1. The molecule has 5 nitrogen and oxygen atoms in total. The highest BCUT2D eigenvalue weighted by Crippen LogP contribution is 2.34. The van der Waals surface area contributed by atoms with Crippen molar-refractivity contribution in [3.05, 3.63) is 35.5 Å². The molecule has 0 spiro atoms. The molecule has 2 aliphatic rings. The van der Waals surface area contributed by atoms with E-state index in [1.165, 1.54) is 4.90 Å². The van der Waals surface area contributed by atoms with Crippen LogP contribution in [0.5, 0.6) is 5.75 Å². The van der Waals surface area contributed by atoms with Gasteiger partial charge in [-0.15, -0.1) is 0 Å². The Balaban J connectivity index is 1.91. The summed E-state index contributed by atoms with van der Waals surface area (Å²) in [7, 11) is 0. The Morgan fingerprint density at radius 1 is 1.00 bits per heavy atom. The van der Waals surface area contributed by atoms with Crippen molar-refractivity contribution < 1.29 is 14.3 Å². The van der Waals surface area contributed by atoms with Gasteiger partial charge in [-0.25, -0.2) is 0 Å². The maximum atomic E-state index is 13.1. The number of hydrogen-bond acceptors (Lipinski definition) is 4. The van der Waals surface area contributed by atoms with Crippen molar-refractivity contribution in [2.24, 2.45) is 0 Å². The smallest absolute Gasteiger partial charge is 0.277 e. The largest absolute Gasteiger partial charge is 0.491 e. The highest BCUT2D eigenvalue weighted by atomic mass is 16.5. The molecule has 0 unspecified atom stereocenters. The molecule has 1 aromatic rings. The fourth-order valence-electron chi connectivity index (χ4n) is 3.75. The van der Waals surface area contributed by atoms with Crippen molar-refractivity contribution in [2.45, 2.75) is 59.0 Å². The molecule has 1 aromatic carbocycles. The third-order valence-electron chi connectivity index (χ3n) is 5.07. The Bertz CT molecular complexity index is 716. The normalized spacial score (nSPS) is 17.6. The summed E-state index contributed by atoms with van der Waals surface area (Å²) in [5, 5.41) is 0. The maximum Gasteiger partial charge on any atom is 0.277 e. The van der Waals surface area contributed by atoms with Crippen LogP contribution in [0, 0.1) is 0 Å². The van der Waals surface area contributed by atoms with E-state index in [2.05, 4.69) is 11.8 Å². The molecule has 0 saturated carbocycles. The lowest BCUT2D eigenvalue weighted by Gasteiger charge is -2.20. The average Bonchev–Trinajstić information content (AvgIpc) is 3.24. The van der Waals surface area contributed by atoms with Gasteiger partial charge in [0, 0.05) is 19.6 Å². The summed E-state index contributed by atoms with van der Waals surface area (Å²) in [6, 6.07) is 7.54. The Kier molecular flexibility index (Phi) is 6.19. The molecule has 2 heterocycles. The first-order valence-corrected chi connectivity index (χ1v) is 10.2. The van der Waals surface area contributed by atoms with Gasteiger partial charge in [0.25, 0.3) is 11.8 Å². The third-order valence-corrected chi connectivity index (χ3v) is 5.07. The lowest BCUT2D eigenvalue weighted by Crippen LogP contribution is -2.35. The van der Waals surface area contributed by atoms with Crippen molar-refractivity contribution >= 4 is 17.4 Å². The summed E-state index contributed by atoms with van der Waals surface area (Å²) < 4.78 is 5.70. The molecule has 2 amide bonds. The number of nitrogens with zero attached hydrogens (tertiary/aromatic N) is 2. The van der Waals surface area contributed by atoms with Gasteiger partial charge in [-0.05, 0) is 50.8 Å². The van der Waals surface area contributed by atoms with E-state index >= 15 is 0 Å². The van der Waals surface area contributed by atoms with Gasteiger partial charge in [0.2, 0.25) is 0 Å². The summed E-state index contributed by atoms with van der Waals surface area (Å²) in [4.78, 5) is 29.7. The summed E-state index contributed by atoms with van der Waals surface area (Å²) >= 11 is 0. The molecular weight excluding hydrogens is 340 g/mol. The number of ether oxygens (including phenoxy) is 1. The van der Waals surface area contributed by atoms with Crippen LogP contribution in [0.25, 0.3) is 5.57 Å². The lowest BCUT2D eigenvalue weighted by molar-refractivity contribution is -0.137. The van der Waals surface area contributed by atoms with Crippen molar-refractivity contribution in [1.29, 1.82) is 0 Å². The van der Waals surface area contributed by atoms with Gasteiger partial charge in [0.15, 0.2) is 0 Å². The van der Waals surface area contributed by atoms with E-state index in [-0.39, 0.29) is 17.9 Å². The van der Waals surface area contributed by atoms with Crippen LogP contribution < -0.4 is 4.74 Å². The first kappa shape index (κ1) is 19.5. The van der Waals surface area contributed by atoms with Crippen molar-refractivity contribution in [3.63, 3.8) is 0 Å². The Labute approximate surface area is 162 Å². The molecule has 0 radical (unpaired) electrons. The molecule has 27 heavy (non-hydrogen) atoms. The molecular formula is C22H30N2O3. The van der Waals surface area contributed by atoms with Gasteiger partial charge < -0.3 is 9.64 Å². The van der Waals surface area contributed by atoms with Crippen molar-refractivity contribution in [3.8, 4) is 5.75 Å². The highest BCUT2D eigenvalue weighted by Gasteiger charge is 2.41. The number of unbranched alkanes of at least 4 members (excludes halogenated alkanes) is 2. The monoisotopic (exact) mass is 370 g/mol. The fourth-order valence-corrected chi connectivity index (χ4v) is 3.75. The lowest BCUT2D eigenvalue weighted by atomic mass is 10.0. The second kappa shape index (κ2) is 8.59. The van der Waals surface area contributed by atoms with Gasteiger partial charge in [0.1, 0.15) is 11.4 Å². The number of rotatable bonds is 8. The minimum atomic E-state index is -0.157. The second-order valence-corrected chi connectivity index (χ2v) is 7.58. The molecule has 0 bridgehead atoms. The summed E-state index contributed by atoms with van der Waals surface area (Å²) in [6.45, 7) is 8.27. The van der Waals surface area contributed by atoms with E-state index in [9.17, 15) is 9.59 Å². The summed E-state index contributed by atoms with van der Waals surface area (Å²) in [5.74, 6) is 0.486. The zero-order valence-corrected chi connectivity index (χ0v) is 16.7. The minimum Gasteiger partial charge on any atom is -0.491 e. The molecule has 0 N–H and O–H groups in total. The quantitative estimate of drug-likeness (QED) is 0.515. The zero-order valence-electron chi connectivity index (χ0n) is 16.7. The van der Waals surface area contributed by atoms with E-state index in [0.717, 1.165) is 56.5 Å². The van der Waals surface area contributed by atoms with Gasteiger partial charge in [0.05, 0.1) is 11.7 Å². The molecule has 0 atom stereocenters. The molecule has 1 saturated heterocycles. The number of carbonyl (C=O) groups is 2. The van der Waals surface area contributed by atoms with E-state index in [1.807, 2.05) is 38.1 Å². The van der Waals surface area contributed by atoms with Gasteiger partial charge in [-0.3, -0.25) is 14.5 Å². The van der Waals surface area contributed by atoms with Gasteiger partial charge in [-0.2, -0.15) is 0 Å². The van der Waals surface area contributed by atoms with Crippen LogP contribution in [0.15, 0.2) is 30.0 Å². The average molecular weight is 370 g/mol. The third kappa shape index (κ3) is 4.18. The second-order valence-electron chi connectivity index (χ2n) is 7.58. The van der Waals surface area contributed by atoms with Crippen LogP contribution in [-0.2, 0) is 9.59 Å². The van der Waals surface area contributed by atoms with Crippen LogP contribution in [0.2, 0.25) is 0 Å². The Morgan fingerprint density at radius 3 is 2.26 bits per heavy atom. The van der Waals surface area contributed by atoms with Crippen molar-refractivity contribution in [1.82, 2.24) is 9.80 Å². The van der Waals surface area contributed by atoms with E-state index in [0.29, 0.717) is 17.8 Å². The van der Waals surface area contributed by atoms with Crippen LogP contribution in [0.1, 0.15) is 58.4 Å². The predicted octanol–water partition coefficient (Wildman–Crippen LogP) is 3.84. The van der Waals surface area contributed by atoms with Gasteiger partial charge >= 0.3 is 0 Å². The van der Waals surface area contributed by atoms with E-state index < -0.39 is 0 Å².